The normalized spacial score (nSPS) is 26.1. The van der Waals surface area contributed by atoms with Gasteiger partial charge in [0.1, 0.15) is 6.07 Å². The minimum atomic E-state index is -0.718. The Hall–Kier alpha value is -2.39. The standard InChI is InChI=1S/C30H39FN2/c31-30(23-33)9-3-1-2-6-25-14-18-28(19-15-25)29-20-16-26(17-21-29)8-5-4-7-24-10-12-27(22-32)13-11-24/h1,3,9-13,25-26,28-29H,2,4-8,14-21H2/b3-1+,30-9-/t25?,26-,28?,29-. The fourth-order valence-corrected chi connectivity index (χ4v) is 6.02. The van der Waals surface area contributed by atoms with Crippen LogP contribution in [-0.4, -0.2) is 0 Å². The van der Waals surface area contributed by atoms with Gasteiger partial charge in [-0.15, -0.1) is 0 Å². The van der Waals surface area contributed by atoms with Crippen LogP contribution < -0.4 is 0 Å². The summed E-state index contributed by atoms with van der Waals surface area (Å²) in [5.74, 6) is 2.94. The molecule has 1 aromatic carbocycles. The minimum absolute atomic E-state index is 0.718. The van der Waals surface area contributed by atoms with E-state index in [1.54, 1.807) is 6.08 Å². The van der Waals surface area contributed by atoms with E-state index < -0.39 is 5.83 Å². The van der Waals surface area contributed by atoms with E-state index in [-0.39, 0.29) is 0 Å². The minimum Gasteiger partial charge on any atom is -0.195 e. The molecule has 2 fully saturated rings. The Bertz CT molecular complexity index is 839. The van der Waals surface area contributed by atoms with Crippen molar-refractivity contribution in [3.63, 3.8) is 0 Å². The number of rotatable bonds is 10. The van der Waals surface area contributed by atoms with Crippen molar-refractivity contribution in [2.45, 2.75) is 89.9 Å². The molecule has 0 atom stereocenters. The molecule has 2 aliphatic carbocycles. The number of nitriles is 2. The van der Waals surface area contributed by atoms with Crippen molar-refractivity contribution in [1.82, 2.24) is 0 Å². The van der Waals surface area contributed by atoms with Gasteiger partial charge < -0.3 is 0 Å². The molecule has 1 aromatic rings. The fraction of sp³-hybridized carbons (Fsp3) is 0.600. The maximum absolute atomic E-state index is 12.8. The van der Waals surface area contributed by atoms with E-state index >= 15 is 0 Å². The quantitative estimate of drug-likeness (QED) is 0.205. The maximum atomic E-state index is 12.8. The molecule has 176 valence electrons. The van der Waals surface area contributed by atoms with Crippen LogP contribution in [0, 0.1) is 46.3 Å². The summed E-state index contributed by atoms with van der Waals surface area (Å²) in [6.45, 7) is 0. The van der Waals surface area contributed by atoms with E-state index in [4.69, 9.17) is 10.5 Å². The van der Waals surface area contributed by atoms with E-state index in [0.29, 0.717) is 0 Å². The Balaban J connectivity index is 1.24. The van der Waals surface area contributed by atoms with Crippen molar-refractivity contribution < 1.29 is 4.39 Å². The lowest BCUT2D eigenvalue weighted by Gasteiger charge is -2.38. The van der Waals surface area contributed by atoms with Crippen LogP contribution >= 0.6 is 0 Å². The Morgan fingerprint density at radius 3 is 2.03 bits per heavy atom. The van der Waals surface area contributed by atoms with Gasteiger partial charge in [0.25, 0.3) is 0 Å². The second-order valence-corrected chi connectivity index (χ2v) is 10.2. The Morgan fingerprint density at radius 2 is 1.45 bits per heavy atom. The summed E-state index contributed by atoms with van der Waals surface area (Å²) < 4.78 is 12.8. The summed E-state index contributed by atoms with van der Waals surface area (Å²) in [7, 11) is 0. The van der Waals surface area contributed by atoms with Gasteiger partial charge in [-0.1, -0.05) is 62.8 Å². The lowest BCUT2D eigenvalue weighted by molar-refractivity contribution is 0.140. The lowest BCUT2D eigenvalue weighted by Crippen LogP contribution is -2.25. The smallest absolute Gasteiger partial charge is 0.195 e. The fourth-order valence-electron chi connectivity index (χ4n) is 6.02. The molecule has 0 amide bonds. The van der Waals surface area contributed by atoms with Gasteiger partial charge in [-0.2, -0.15) is 14.9 Å². The molecule has 0 saturated heterocycles. The summed E-state index contributed by atoms with van der Waals surface area (Å²) in [4.78, 5) is 0. The van der Waals surface area contributed by atoms with Crippen molar-refractivity contribution in [1.29, 1.82) is 10.5 Å². The molecule has 0 bridgehead atoms. The molecule has 3 rings (SSSR count). The number of unbranched alkanes of at least 4 members (excludes halogenated alkanes) is 1. The molecule has 0 radical (unpaired) electrons. The molecule has 0 heterocycles. The maximum Gasteiger partial charge on any atom is 0.199 e. The molecular weight excluding hydrogens is 407 g/mol. The van der Waals surface area contributed by atoms with E-state index in [2.05, 4.69) is 18.2 Å². The number of aryl methyl sites for hydroxylation is 1. The van der Waals surface area contributed by atoms with Gasteiger partial charge in [0, 0.05) is 0 Å². The van der Waals surface area contributed by atoms with E-state index in [1.807, 2.05) is 18.2 Å². The molecule has 2 aliphatic rings. The first-order chi connectivity index (χ1) is 16.2. The number of nitrogens with zero attached hydrogens (tertiary/aromatic N) is 2. The molecule has 0 unspecified atom stereocenters. The molecule has 0 aromatic heterocycles. The average molecular weight is 447 g/mol. The van der Waals surface area contributed by atoms with Crippen molar-refractivity contribution in [2.75, 3.05) is 0 Å². The third-order valence-electron chi connectivity index (χ3n) is 8.09. The summed E-state index contributed by atoms with van der Waals surface area (Å²) in [6.07, 6.45) is 23.5. The number of hydrogen-bond acceptors (Lipinski definition) is 2. The molecular formula is C30H39FN2. The molecule has 3 heteroatoms. The highest BCUT2D eigenvalue weighted by Gasteiger charge is 2.30. The summed E-state index contributed by atoms with van der Waals surface area (Å²) in [5.41, 5.74) is 2.11. The zero-order valence-corrected chi connectivity index (χ0v) is 20.0. The second kappa shape index (κ2) is 14.0. The van der Waals surface area contributed by atoms with Crippen LogP contribution in [0.2, 0.25) is 0 Å². The first-order valence-corrected chi connectivity index (χ1v) is 13.1. The van der Waals surface area contributed by atoms with Gasteiger partial charge in [0.2, 0.25) is 0 Å². The third-order valence-corrected chi connectivity index (χ3v) is 8.09. The van der Waals surface area contributed by atoms with Crippen molar-refractivity contribution in [3.05, 3.63) is 59.4 Å². The first kappa shape index (κ1) is 25.2. The number of benzene rings is 1. The van der Waals surface area contributed by atoms with Gasteiger partial charge in [-0.05, 0) is 98.8 Å². The van der Waals surface area contributed by atoms with Crippen LogP contribution in [-0.2, 0) is 6.42 Å². The predicted octanol–water partition coefficient (Wildman–Crippen LogP) is 8.60. The zero-order chi connectivity index (χ0) is 23.3. The van der Waals surface area contributed by atoms with Crippen molar-refractivity contribution in [2.24, 2.45) is 23.7 Å². The van der Waals surface area contributed by atoms with Crippen LogP contribution in [0.25, 0.3) is 0 Å². The SMILES string of the molecule is N#C/C(F)=C/C=C/CCC1CCC([C@H]2CC[C@H](CCCCc3ccc(C#N)cc3)CC2)CC1. The van der Waals surface area contributed by atoms with Gasteiger partial charge in [-0.3, -0.25) is 0 Å². The predicted molar refractivity (Wildman–Crippen MR) is 133 cm³/mol. The summed E-state index contributed by atoms with van der Waals surface area (Å²) in [6, 6.07) is 11.8. The average Bonchev–Trinajstić information content (AvgIpc) is 2.87. The highest BCUT2D eigenvalue weighted by Crippen LogP contribution is 2.43. The van der Waals surface area contributed by atoms with Crippen LogP contribution in [0.15, 0.2) is 48.3 Å². The summed E-state index contributed by atoms with van der Waals surface area (Å²) in [5, 5.41) is 17.3. The molecule has 0 aliphatic heterocycles. The van der Waals surface area contributed by atoms with Gasteiger partial charge >= 0.3 is 0 Å². The molecule has 2 nitrogen and oxygen atoms in total. The Morgan fingerprint density at radius 1 is 0.848 bits per heavy atom. The van der Waals surface area contributed by atoms with Crippen LogP contribution in [0.5, 0.6) is 0 Å². The van der Waals surface area contributed by atoms with Crippen LogP contribution in [0.1, 0.15) is 94.6 Å². The third kappa shape index (κ3) is 8.81. The highest BCUT2D eigenvalue weighted by molar-refractivity contribution is 5.31. The molecule has 0 spiro atoms. The second-order valence-electron chi connectivity index (χ2n) is 10.2. The molecule has 0 N–H and O–H groups in total. The van der Waals surface area contributed by atoms with E-state index in [0.717, 1.165) is 42.1 Å². The molecule has 2 saturated carbocycles. The van der Waals surface area contributed by atoms with Crippen molar-refractivity contribution >= 4 is 0 Å². The van der Waals surface area contributed by atoms with E-state index in [9.17, 15) is 4.39 Å². The highest BCUT2D eigenvalue weighted by atomic mass is 19.1. The number of hydrogen-bond donors (Lipinski definition) is 0. The zero-order valence-electron chi connectivity index (χ0n) is 20.0. The first-order valence-electron chi connectivity index (χ1n) is 13.1. The Labute approximate surface area is 200 Å². The number of halogens is 1. The number of allylic oxidation sites excluding steroid dienone is 4. The monoisotopic (exact) mass is 446 g/mol. The summed E-state index contributed by atoms with van der Waals surface area (Å²) >= 11 is 0. The Kier molecular flexibility index (Phi) is 10.7. The van der Waals surface area contributed by atoms with Crippen molar-refractivity contribution in [3.8, 4) is 12.1 Å². The van der Waals surface area contributed by atoms with Crippen LogP contribution in [0.4, 0.5) is 4.39 Å². The largest absolute Gasteiger partial charge is 0.199 e. The van der Waals surface area contributed by atoms with Gasteiger partial charge in [0.05, 0.1) is 11.6 Å². The topological polar surface area (TPSA) is 47.6 Å². The van der Waals surface area contributed by atoms with Gasteiger partial charge in [0.15, 0.2) is 5.83 Å². The van der Waals surface area contributed by atoms with Crippen LogP contribution in [0.3, 0.4) is 0 Å². The lowest BCUT2D eigenvalue weighted by atomic mass is 9.68. The van der Waals surface area contributed by atoms with E-state index in [1.165, 1.54) is 94.8 Å². The van der Waals surface area contributed by atoms with Gasteiger partial charge in [-0.25, -0.2) is 0 Å². The molecule has 33 heavy (non-hydrogen) atoms.